The van der Waals surface area contributed by atoms with Crippen molar-refractivity contribution >= 4 is 5.91 Å². The topological polar surface area (TPSA) is 63.2 Å². The highest BCUT2D eigenvalue weighted by molar-refractivity contribution is 5.95. The minimum Gasteiger partial charge on any atom is -0.384 e. The first kappa shape index (κ1) is 18.5. The molecule has 3 rings (SSSR count). The van der Waals surface area contributed by atoms with E-state index in [4.69, 9.17) is 4.74 Å². The van der Waals surface area contributed by atoms with Crippen LogP contribution in [0.5, 0.6) is 0 Å². The first-order valence-corrected chi connectivity index (χ1v) is 9.12. The standard InChI is InChI=1S/C21H27N3O2/c1-16-3-5-17(6-4-16)18-11-19(13-23-12-18)20(25)24-14-21(15-26-2)7-9-22-10-8-21/h3-6,11-13,22H,7-10,14-15H2,1-2H3,(H,24,25). The number of piperidine rings is 1. The summed E-state index contributed by atoms with van der Waals surface area (Å²) in [4.78, 5) is 16.9. The Bertz CT molecular complexity index is 732. The van der Waals surface area contributed by atoms with Crippen molar-refractivity contribution in [1.29, 1.82) is 0 Å². The van der Waals surface area contributed by atoms with Crippen LogP contribution in [0, 0.1) is 12.3 Å². The van der Waals surface area contributed by atoms with Crippen molar-refractivity contribution in [2.24, 2.45) is 5.41 Å². The molecule has 0 spiro atoms. The molecule has 2 N–H and O–H groups in total. The average molecular weight is 353 g/mol. The number of nitrogens with zero attached hydrogens (tertiary/aromatic N) is 1. The molecule has 2 aromatic rings. The number of aromatic nitrogens is 1. The fourth-order valence-corrected chi connectivity index (χ4v) is 3.47. The number of hydrogen-bond donors (Lipinski definition) is 2. The number of nitrogens with one attached hydrogen (secondary N) is 2. The van der Waals surface area contributed by atoms with Crippen LogP contribution in [0.15, 0.2) is 42.7 Å². The molecular formula is C21H27N3O2. The number of benzene rings is 1. The van der Waals surface area contributed by atoms with Crippen LogP contribution in [0.1, 0.15) is 28.8 Å². The van der Waals surface area contributed by atoms with Gasteiger partial charge in [-0.3, -0.25) is 9.78 Å². The highest BCUT2D eigenvalue weighted by Crippen LogP contribution is 2.28. The molecule has 0 atom stereocenters. The zero-order valence-electron chi connectivity index (χ0n) is 15.5. The molecule has 0 aliphatic carbocycles. The van der Waals surface area contributed by atoms with Crippen LogP contribution in [-0.2, 0) is 4.74 Å². The quantitative estimate of drug-likeness (QED) is 0.838. The minimum atomic E-state index is -0.0829. The summed E-state index contributed by atoms with van der Waals surface area (Å²) >= 11 is 0. The molecule has 138 valence electrons. The van der Waals surface area contributed by atoms with Gasteiger partial charge in [0.1, 0.15) is 0 Å². The van der Waals surface area contributed by atoms with Gasteiger partial charge in [-0.25, -0.2) is 0 Å². The Labute approximate surface area is 155 Å². The van der Waals surface area contributed by atoms with Crippen molar-refractivity contribution in [3.8, 4) is 11.1 Å². The molecule has 5 nitrogen and oxygen atoms in total. The fourth-order valence-electron chi connectivity index (χ4n) is 3.47. The number of methoxy groups -OCH3 is 1. The number of carbonyl (C=O) groups is 1. The second-order valence-electron chi connectivity index (χ2n) is 7.19. The maximum Gasteiger partial charge on any atom is 0.252 e. The fraction of sp³-hybridized carbons (Fsp3) is 0.429. The number of pyridine rings is 1. The molecule has 0 saturated carbocycles. The smallest absolute Gasteiger partial charge is 0.252 e. The third-order valence-electron chi connectivity index (χ3n) is 5.12. The second-order valence-corrected chi connectivity index (χ2v) is 7.19. The van der Waals surface area contributed by atoms with Crippen LogP contribution in [0.2, 0.25) is 0 Å². The lowest BCUT2D eigenvalue weighted by Gasteiger charge is -2.37. The lowest BCUT2D eigenvalue weighted by molar-refractivity contribution is 0.0511. The van der Waals surface area contributed by atoms with E-state index < -0.39 is 0 Å². The van der Waals surface area contributed by atoms with Gasteiger partial charge >= 0.3 is 0 Å². The van der Waals surface area contributed by atoms with Crippen LogP contribution in [-0.4, -0.2) is 44.2 Å². The first-order chi connectivity index (χ1) is 12.6. The summed E-state index contributed by atoms with van der Waals surface area (Å²) in [6.07, 6.45) is 5.42. The number of rotatable bonds is 6. The number of ether oxygens (including phenoxy) is 1. The van der Waals surface area contributed by atoms with Gasteiger partial charge in [-0.05, 0) is 44.5 Å². The average Bonchev–Trinajstić information content (AvgIpc) is 2.68. The zero-order valence-corrected chi connectivity index (χ0v) is 15.5. The summed E-state index contributed by atoms with van der Waals surface area (Å²) in [5.41, 5.74) is 3.82. The van der Waals surface area contributed by atoms with Gasteiger partial charge in [0.2, 0.25) is 0 Å². The maximum atomic E-state index is 12.7. The molecule has 26 heavy (non-hydrogen) atoms. The van der Waals surface area contributed by atoms with Crippen molar-refractivity contribution in [2.75, 3.05) is 33.4 Å². The minimum absolute atomic E-state index is 0.0116. The summed E-state index contributed by atoms with van der Waals surface area (Å²) in [5, 5.41) is 6.46. The molecule has 1 aromatic carbocycles. The summed E-state index contributed by atoms with van der Waals surface area (Å²) in [5.74, 6) is -0.0829. The van der Waals surface area contributed by atoms with Crippen molar-refractivity contribution in [2.45, 2.75) is 19.8 Å². The molecule has 0 bridgehead atoms. The van der Waals surface area contributed by atoms with E-state index in [-0.39, 0.29) is 11.3 Å². The SMILES string of the molecule is COCC1(CNC(=O)c2cncc(-c3ccc(C)cc3)c2)CCNCC1. The van der Waals surface area contributed by atoms with Gasteiger partial charge in [0, 0.05) is 37.0 Å². The number of amides is 1. The van der Waals surface area contributed by atoms with Crippen molar-refractivity contribution in [3.63, 3.8) is 0 Å². The molecule has 2 heterocycles. The van der Waals surface area contributed by atoms with Crippen molar-refractivity contribution in [1.82, 2.24) is 15.6 Å². The molecule has 0 radical (unpaired) electrons. The van der Waals surface area contributed by atoms with E-state index in [1.54, 1.807) is 19.5 Å². The van der Waals surface area contributed by atoms with E-state index in [0.29, 0.717) is 18.7 Å². The van der Waals surface area contributed by atoms with Gasteiger partial charge in [-0.15, -0.1) is 0 Å². The van der Waals surface area contributed by atoms with Gasteiger partial charge in [-0.2, -0.15) is 0 Å². The number of hydrogen-bond acceptors (Lipinski definition) is 4. The third kappa shape index (κ3) is 4.48. The lowest BCUT2D eigenvalue weighted by atomic mass is 9.79. The molecule has 1 saturated heterocycles. The normalized spacial score (nSPS) is 16.2. The van der Waals surface area contributed by atoms with Crippen LogP contribution >= 0.6 is 0 Å². The van der Waals surface area contributed by atoms with Gasteiger partial charge < -0.3 is 15.4 Å². The monoisotopic (exact) mass is 353 g/mol. The van der Waals surface area contributed by atoms with Crippen molar-refractivity contribution in [3.05, 3.63) is 53.9 Å². The molecule has 1 aliphatic heterocycles. The number of carbonyl (C=O) groups excluding carboxylic acids is 1. The Morgan fingerprint density at radius 3 is 2.62 bits per heavy atom. The largest absolute Gasteiger partial charge is 0.384 e. The van der Waals surface area contributed by atoms with E-state index in [1.165, 1.54) is 5.56 Å². The highest BCUT2D eigenvalue weighted by atomic mass is 16.5. The van der Waals surface area contributed by atoms with Gasteiger partial charge in [-0.1, -0.05) is 29.8 Å². The second kappa shape index (κ2) is 8.43. The predicted molar refractivity (Wildman–Crippen MR) is 103 cm³/mol. The van der Waals surface area contributed by atoms with Gasteiger partial charge in [0.15, 0.2) is 0 Å². The Kier molecular flexibility index (Phi) is 6.01. The van der Waals surface area contributed by atoms with Gasteiger partial charge in [0.05, 0.1) is 12.2 Å². The summed E-state index contributed by atoms with van der Waals surface area (Å²) in [7, 11) is 1.72. The predicted octanol–water partition coefficient (Wildman–Crippen LogP) is 2.80. The summed E-state index contributed by atoms with van der Waals surface area (Å²) in [6.45, 7) is 5.27. The molecule has 5 heteroatoms. The van der Waals surface area contributed by atoms with E-state index in [1.807, 2.05) is 6.07 Å². The zero-order chi connectivity index (χ0) is 18.4. The van der Waals surface area contributed by atoms with E-state index >= 15 is 0 Å². The highest BCUT2D eigenvalue weighted by Gasteiger charge is 2.32. The Morgan fingerprint density at radius 1 is 1.19 bits per heavy atom. The van der Waals surface area contributed by atoms with Gasteiger partial charge in [0.25, 0.3) is 5.91 Å². The molecular weight excluding hydrogens is 326 g/mol. The molecule has 1 aliphatic rings. The van der Waals surface area contributed by atoms with Crippen LogP contribution in [0.3, 0.4) is 0 Å². The Morgan fingerprint density at radius 2 is 1.92 bits per heavy atom. The molecule has 1 amide bonds. The van der Waals surface area contributed by atoms with Crippen LogP contribution < -0.4 is 10.6 Å². The Hall–Kier alpha value is -2.24. The van der Waals surface area contributed by atoms with E-state index in [2.05, 4.69) is 46.8 Å². The summed E-state index contributed by atoms with van der Waals surface area (Å²) < 4.78 is 5.42. The van der Waals surface area contributed by atoms with E-state index in [9.17, 15) is 4.79 Å². The van der Waals surface area contributed by atoms with Crippen molar-refractivity contribution < 1.29 is 9.53 Å². The first-order valence-electron chi connectivity index (χ1n) is 9.12. The Balaban J connectivity index is 1.69. The lowest BCUT2D eigenvalue weighted by Crippen LogP contribution is -2.47. The number of aryl methyl sites for hydroxylation is 1. The summed E-state index contributed by atoms with van der Waals surface area (Å²) in [6, 6.07) is 10.1. The van der Waals surface area contributed by atoms with E-state index in [0.717, 1.165) is 37.1 Å². The maximum absolute atomic E-state index is 12.7. The van der Waals surface area contributed by atoms with Crippen LogP contribution in [0.4, 0.5) is 0 Å². The molecule has 0 unspecified atom stereocenters. The molecule has 1 fully saturated rings. The van der Waals surface area contributed by atoms with Crippen LogP contribution in [0.25, 0.3) is 11.1 Å². The third-order valence-corrected chi connectivity index (χ3v) is 5.12. The molecule has 1 aromatic heterocycles.